The highest BCUT2D eigenvalue weighted by Crippen LogP contribution is 2.23. The molecule has 1 N–H and O–H groups in total. The molecule has 0 unspecified atom stereocenters. The summed E-state index contributed by atoms with van der Waals surface area (Å²) in [5.41, 5.74) is 1.90. The second kappa shape index (κ2) is 4.25. The number of nitrogens with zero attached hydrogens (tertiary/aromatic N) is 3. The fourth-order valence-corrected chi connectivity index (χ4v) is 1.86. The zero-order chi connectivity index (χ0) is 11.7. The van der Waals surface area contributed by atoms with Gasteiger partial charge in [0, 0.05) is 13.1 Å². The van der Waals surface area contributed by atoms with Gasteiger partial charge in [-0.25, -0.2) is 0 Å². The van der Waals surface area contributed by atoms with Crippen LogP contribution < -0.4 is 10.2 Å². The van der Waals surface area contributed by atoms with Crippen molar-refractivity contribution in [3.05, 3.63) is 16.3 Å². The summed E-state index contributed by atoms with van der Waals surface area (Å²) in [6.45, 7) is 5.57. The van der Waals surface area contributed by atoms with E-state index in [1.54, 1.807) is 0 Å². The Morgan fingerprint density at radius 1 is 1.31 bits per heavy atom. The topological polar surface area (TPSA) is 58.1 Å². The molecule has 6 heteroatoms. The van der Waals surface area contributed by atoms with Gasteiger partial charge in [-0.2, -0.15) is 0 Å². The van der Waals surface area contributed by atoms with Crippen LogP contribution in [0.2, 0.25) is 5.15 Å². The molecule has 1 aliphatic rings. The van der Waals surface area contributed by atoms with E-state index in [1.807, 2.05) is 18.7 Å². The van der Waals surface area contributed by atoms with Crippen molar-refractivity contribution in [3.63, 3.8) is 0 Å². The molecule has 0 aliphatic carbocycles. The largest absolute Gasteiger partial charge is 0.353 e. The lowest BCUT2D eigenvalue weighted by molar-refractivity contribution is -0.120. The lowest BCUT2D eigenvalue weighted by atomic mass is 10.2. The Morgan fingerprint density at radius 3 is 2.75 bits per heavy atom. The van der Waals surface area contributed by atoms with Crippen LogP contribution in [0.4, 0.5) is 5.82 Å². The smallest absolute Gasteiger partial charge is 0.239 e. The van der Waals surface area contributed by atoms with Crippen LogP contribution >= 0.6 is 11.6 Å². The van der Waals surface area contributed by atoms with Crippen LogP contribution in [-0.4, -0.2) is 35.7 Å². The molecule has 0 atom stereocenters. The summed E-state index contributed by atoms with van der Waals surface area (Å²) in [4.78, 5) is 13.2. The Kier molecular flexibility index (Phi) is 2.96. The summed E-state index contributed by atoms with van der Waals surface area (Å²) < 4.78 is 0. The second-order valence-electron chi connectivity index (χ2n) is 3.84. The Bertz CT molecular complexity index is 435. The van der Waals surface area contributed by atoms with Crippen LogP contribution in [0.25, 0.3) is 0 Å². The molecule has 1 aromatic rings. The first kappa shape index (κ1) is 11.1. The molecule has 5 nitrogen and oxygen atoms in total. The number of hydrogen-bond donors (Lipinski definition) is 1. The van der Waals surface area contributed by atoms with E-state index in [9.17, 15) is 4.79 Å². The highest BCUT2D eigenvalue weighted by molar-refractivity contribution is 6.30. The minimum absolute atomic E-state index is 0.0139. The van der Waals surface area contributed by atoms with Crippen molar-refractivity contribution in [1.82, 2.24) is 15.5 Å². The van der Waals surface area contributed by atoms with E-state index in [-0.39, 0.29) is 5.91 Å². The van der Waals surface area contributed by atoms with Crippen molar-refractivity contribution in [2.24, 2.45) is 0 Å². The summed E-state index contributed by atoms with van der Waals surface area (Å²) in [6.07, 6.45) is 0. The van der Waals surface area contributed by atoms with Gasteiger partial charge in [0.25, 0.3) is 0 Å². The van der Waals surface area contributed by atoms with Crippen molar-refractivity contribution >= 4 is 23.3 Å². The first-order valence-corrected chi connectivity index (χ1v) is 5.48. The van der Waals surface area contributed by atoms with Crippen LogP contribution in [-0.2, 0) is 4.79 Å². The normalized spacial score (nSPS) is 16.2. The molecule has 1 aromatic heterocycles. The van der Waals surface area contributed by atoms with Gasteiger partial charge in [-0.15, -0.1) is 10.2 Å². The van der Waals surface area contributed by atoms with E-state index >= 15 is 0 Å². The average Bonchev–Trinajstić information content (AvgIpc) is 2.26. The number of anilines is 1. The standard InChI is InChI=1S/C10H13ClN4O/c1-6-7(2)10(14-13-9(6)11)15-4-3-12-8(16)5-15/h3-5H2,1-2H3,(H,12,16). The maximum atomic E-state index is 11.3. The number of carbonyl (C=O) groups excluding carboxylic acids is 1. The van der Waals surface area contributed by atoms with E-state index in [1.165, 1.54) is 0 Å². The van der Waals surface area contributed by atoms with E-state index in [0.29, 0.717) is 18.2 Å². The third kappa shape index (κ3) is 1.95. The zero-order valence-corrected chi connectivity index (χ0v) is 10.0. The number of rotatable bonds is 1. The highest BCUT2D eigenvalue weighted by atomic mass is 35.5. The van der Waals surface area contributed by atoms with Gasteiger partial charge in [-0.05, 0) is 25.0 Å². The van der Waals surface area contributed by atoms with Crippen molar-refractivity contribution < 1.29 is 4.79 Å². The molecule has 2 heterocycles. The van der Waals surface area contributed by atoms with E-state index in [2.05, 4.69) is 15.5 Å². The summed E-state index contributed by atoms with van der Waals surface area (Å²) in [5, 5.41) is 11.1. The Hall–Kier alpha value is -1.36. The van der Waals surface area contributed by atoms with Gasteiger partial charge in [-0.3, -0.25) is 4.79 Å². The summed E-state index contributed by atoms with van der Waals surface area (Å²) in [7, 11) is 0. The number of piperazine rings is 1. The Balaban J connectivity index is 2.33. The van der Waals surface area contributed by atoms with Crippen molar-refractivity contribution in [2.75, 3.05) is 24.5 Å². The monoisotopic (exact) mass is 240 g/mol. The SMILES string of the molecule is Cc1c(Cl)nnc(N2CCNC(=O)C2)c1C. The predicted molar refractivity (Wildman–Crippen MR) is 61.7 cm³/mol. The quantitative estimate of drug-likeness (QED) is 0.785. The molecular formula is C10H13ClN4O. The van der Waals surface area contributed by atoms with Crippen LogP contribution in [0.15, 0.2) is 0 Å². The molecular weight excluding hydrogens is 228 g/mol. The van der Waals surface area contributed by atoms with Gasteiger partial charge in [0.15, 0.2) is 11.0 Å². The number of halogens is 1. The molecule has 0 spiro atoms. The maximum absolute atomic E-state index is 11.3. The molecule has 0 radical (unpaired) electrons. The van der Waals surface area contributed by atoms with Gasteiger partial charge in [-0.1, -0.05) is 11.6 Å². The fourth-order valence-electron chi connectivity index (χ4n) is 1.68. The fraction of sp³-hybridized carbons (Fsp3) is 0.500. The first-order valence-electron chi connectivity index (χ1n) is 5.10. The number of hydrogen-bond acceptors (Lipinski definition) is 4. The summed E-state index contributed by atoms with van der Waals surface area (Å²) >= 11 is 5.88. The van der Waals surface area contributed by atoms with Crippen molar-refractivity contribution in [3.8, 4) is 0 Å². The molecule has 1 aliphatic heterocycles. The number of carbonyl (C=O) groups is 1. The third-order valence-corrected chi connectivity index (χ3v) is 3.14. The van der Waals surface area contributed by atoms with Crippen LogP contribution in [0, 0.1) is 13.8 Å². The zero-order valence-electron chi connectivity index (χ0n) is 9.25. The molecule has 0 bridgehead atoms. The molecule has 0 saturated carbocycles. The van der Waals surface area contributed by atoms with Crippen LogP contribution in [0.1, 0.15) is 11.1 Å². The van der Waals surface area contributed by atoms with Crippen LogP contribution in [0.5, 0.6) is 0 Å². The maximum Gasteiger partial charge on any atom is 0.239 e. The summed E-state index contributed by atoms with van der Waals surface area (Å²) in [5.74, 6) is 0.761. The minimum atomic E-state index is 0.0139. The Labute approximate surface area is 98.8 Å². The lowest BCUT2D eigenvalue weighted by Crippen LogP contribution is -2.48. The molecule has 1 fully saturated rings. The van der Waals surface area contributed by atoms with Crippen molar-refractivity contribution in [1.29, 1.82) is 0 Å². The lowest BCUT2D eigenvalue weighted by Gasteiger charge is -2.28. The Morgan fingerprint density at radius 2 is 2.06 bits per heavy atom. The van der Waals surface area contributed by atoms with E-state index in [4.69, 9.17) is 11.6 Å². The average molecular weight is 241 g/mol. The number of amides is 1. The number of nitrogens with one attached hydrogen (secondary N) is 1. The highest BCUT2D eigenvalue weighted by Gasteiger charge is 2.20. The molecule has 2 rings (SSSR count). The molecule has 0 aromatic carbocycles. The van der Waals surface area contributed by atoms with Gasteiger partial charge >= 0.3 is 0 Å². The first-order chi connectivity index (χ1) is 7.59. The molecule has 1 amide bonds. The molecule has 86 valence electrons. The van der Waals surface area contributed by atoms with E-state index in [0.717, 1.165) is 23.5 Å². The van der Waals surface area contributed by atoms with Gasteiger partial charge < -0.3 is 10.2 Å². The summed E-state index contributed by atoms with van der Waals surface area (Å²) in [6, 6.07) is 0. The minimum Gasteiger partial charge on any atom is -0.353 e. The molecule has 16 heavy (non-hydrogen) atoms. The van der Waals surface area contributed by atoms with Gasteiger partial charge in [0.05, 0.1) is 6.54 Å². The van der Waals surface area contributed by atoms with Gasteiger partial charge in [0.1, 0.15) is 0 Å². The van der Waals surface area contributed by atoms with Gasteiger partial charge in [0.2, 0.25) is 5.91 Å². The number of aromatic nitrogens is 2. The van der Waals surface area contributed by atoms with E-state index < -0.39 is 0 Å². The van der Waals surface area contributed by atoms with Crippen molar-refractivity contribution in [2.45, 2.75) is 13.8 Å². The molecule has 1 saturated heterocycles. The third-order valence-electron chi connectivity index (χ3n) is 2.78. The van der Waals surface area contributed by atoms with Crippen LogP contribution in [0.3, 0.4) is 0 Å². The predicted octanol–water partition coefficient (Wildman–Crippen LogP) is 0.683. The second-order valence-corrected chi connectivity index (χ2v) is 4.19.